The first kappa shape index (κ1) is 10.4. The lowest BCUT2D eigenvalue weighted by molar-refractivity contribution is 0.219. The molecule has 0 fully saturated rings. The molecule has 1 aromatic rings. The Balaban J connectivity index is 2.16. The molecule has 1 heteroatoms. The van der Waals surface area contributed by atoms with Crippen molar-refractivity contribution in [3.05, 3.63) is 65.0 Å². The molecule has 0 aromatic heterocycles. The van der Waals surface area contributed by atoms with Gasteiger partial charge in [0.05, 0.1) is 6.61 Å². The molecule has 1 aliphatic heterocycles. The van der Waals surface area contributed by atoms with Crippen LogP contribution in [0.1, 0.15) is 24.0 Å². The van der Waals surface area contributed by atoms with Crippen LogP contribution >= 0.6 is 0 Å². The number of benzene rings is 1. The van der Waals surface area contributed by atoms with E-state index in [1.165, 1.54) is 22.3 Å². The van der Waals surface area contributed by atoms with Crippen LogP contribution in [0, 0.1) is 6.92 Å². The van der Waals surface area contributed by atoms with E-state index in [0.717, 1.165) is 25.2 Å². The number of allylic oxidation sites excluding steroid dienone is 3. The summed E-state index contributed by atoms with van der Waals surface area (Å²) in [5.74, 6) is 1.07. The van der Waals surface area contributed by atoms with Crippen LogP contribution in [0.15, 0.2) is 53.8 Å². The summed E-state index contributed by atoms with van der Waals surface area (Å²) in [6, 6.07) is 8.59. The third-order valence-electron chi connectivity index (χ3n) is 3.39. The third-order valence-corrected chi connectivity index (χ3v) is 3.39. The molecule has 0 saturated heterocycles. The van der Waals surface area contributed by atoms with Crippen LogP contribution in [0.4, 0.5) is 0 Å². The minimum Gasteiger partial charge on any atom is -0.493 e. The van der Waals surface area contributed by atoms with Gasteiger partial charge in [-0.25, -0.2) is 0 Å². The summed E-state index contributed by atoms with van der Waals surface area (Å²) in [6.07, 6.45) is 8.57. The van der Waals surface area contributed by atoms with Gasteiger partial charge in [-0.05, 0) is 36.1 Å². The Kier molecular flexibility index (Phi) is 2.60. The summed E-state index contributed by atoms with van der Waals surface area (Å²) in [6.45, 7) is 2.97. The predicted molar refractivity (Wildman–Crippen MR) is 70.5 cm³/mol. The molecule has 0 spiro atoms. The lowest BCUT2D eigenvalue weighted by Crippen LogP contribution is -2.10. The van der Waals surface area contributed by atoms with Gasteiger partial charge in [0.25, 0.3) is 0 Å². The van der Waals surface area contributed by atoms with Crippen LogP contribution in [0.25, 0.3) is 5.57 Å². The molecule has 1 heterocycles. The largest absolute Gasteiger partial charge is 0.493 e. The first-order valence-electron chi connectivity index (χ1n) is 6.15. The number of aryl methyl sites for hydroxylation is 1. The fraction of sp³-hybridized carbons (Fsp3) is 0.250. The molecule has 0 radical (unpaired) electrons. The quantitative estimate of drug-likeness (QED) is 0.700. The number of hydrogen-bond acceptors (Lipinski definition) is 1. The van der Waals surface area contributed by atoms with E-state index in [1.807, 2.05) is 0 Å². The Labute approximate surface area is 102 Å². The van der Waals surface area contributed by atoms with Crippen molar-refractivity contribution in [2.45, 2.75) is 19.8 Å². The molecule has 1 aliphatic carbocycles. The second-order valence-electron chi connectivity index (χ2n) is 4.51. The van der Waals surface area contributed by atoms with E-state index in [0.29, 0.717) is 0 Å². The van der Waals surface area contributed by atoms with Gasteiger partial charge >= 0.3 is 0 Å². The number of fused-ring (bicyclic) bond motifs is 1. The minimum atomic E-state index is 0.798. The van der Waals surface area contributed by atoms with Gasteiger partial charge in [0.15, 0.2) is 0 Å². The molecule has 2 aliphatic rings. The molecule has 3 rings (SSSR count). The van der Waals surface area contributed by atoms with Crippen LogP contribution < -0.4 is 0 Å². The van der Waals surface area contributed by atoms with Crippen LogP contribution in [0.3, 0.4) is 0 Å². The average molecular weight is 224 g/mol. The lowest BCUT2D eigenvalue weighted by Gasteiger charge is -2.25. The highest BCUT2D eigenvalue weighted by molar-refractivity contribution is 5.77. The first-order valence-corrected chi connectivity index (χ1v) is 6.15. The number of hydrogen-bond donors (Lipinski definition) is 0. The van der Waals surface area contributed by atoms with Gasteiger partial charge < -0.3 is 4.74 Å². The molecular formula is C16H16O. The van der Waals surface area contributed by atoms with E-state index in [1.54, 1.807) is 0 Å². The Hall–Kier alpha value is -1.76. The zero-order valence-electron chi connectivity index (χ0n) is 10.1. The SMILES string of the molecule is Cc1ccccc1C1=C2C=CCC=C2OCC1. The van der Waals surface area contributed by atoms with Gasteiger partial charge in [0.1, 0.15) is 5.76 Å². The Morgan fingerprint density at radius 3 is 2.94 bits per heavy atom. The normalized spacial score (nSPS) is 18.5. The summed E-state index contributed by atoms with van der Waals surface area (Å²) in [7, 11) is 0. The highest BCUT2D eigenvalue weighted by Gasteiger charge is 2.20. The molecule has 17 heavy (non-hydrogen) atoms. The first-order chi connectivity index (χ1) is 8.36. The van der Waals surface area contributed by atoms with Crippen molar-refractivity contribution in [1.29, 1.82) is 0 Å². The van der Waals surface area contributed by atoms with Crippen molar-refractivity contribution in [3.63, 3.8) is 0 Å². The summed E-state index contributed by atoms with van der Waals surface area (Å²) in [5, 5.41) is 0. The Morgan fingerprint density at radius 2 is 2.06 bits per heavy atom. The standard InChI is InChI=1S/C16H16O/c1-12-6-2-3-7-13(12)14-10-11-17-16-9-5-4-8-15(14)16/h2-4,6-9H,5,10-11H2,1H3. The van der Waals surface area contributed by atoms with E-state index < -0.39 is 0 Å². The smallest absolute Gasteiger partial charge is 0.123 e. The van der Waals surface area contributed by atoms with Gasteiger partial charge in [0, 0.05) is 12.0 Å². The zero-order chi connectivity index (χ0) is 11.7. The maximum Gasteiger partial charge on any atom is 0.123 e. The van der Waals surface area contributed by atoms with Crippen molar-refractivity contribution in [3.8, 4) is 0 Å². The molecule has 1 nitrogen and oxygen atoms in total. The van der Waals surface area contributed by atoms with E-state index in [4.69, 9.17) is 4.74 Å². The molecule has 0 bridgehead atoms. The summed E-state index contributed by atoms with van der Waals surface area (Å²) in [5.41, 5.74) is 5.41. The molecule has 0 unspecified atom stereocenters. The summed E-state index contributed by atoms with van der Waals surface area (Å²) < 4.78 is 5.73. The maximum atomic E-state index is 5.73. The summed E-state index contributed by atoms with van der Waals surface area (Å²) >= 11 is 0. The molecule has 0 atom stereocenters. The maximum absolute atomic E-state index is 5.73. The molecule has 0 N–H and O–H groups in total. The van der Waals surface area contributed by atoms with E-state index >= 15 is 0 Å². The van der Waals surface area contributed by atoms with E-state index in [2.05, 4.69) is 49.4 Å². The highest BCUT2D eigenvalue weighted by atomic mass is 16.5. The van der Waals surface area contributed by atoms with E-state index in [-0.39, 0.29) is 0 Å². The summed E-state index contributed by atoms with van der Waals surface area (Å²) in [4.78, 5) is 0. The minimum absolute atomic E-state index is 0.798. The average Bonchev–Trinajstić information content (AvgIpc) is 2.39. The van der Waals surface area contributed by atoms with Crippen LogP contribution in [0.2, 0.25) is 0 Å². The second-order valence-corrected chi connectivity index (χ2v) is 4.51. The molecule has 86 valence electrons. The fourth-order valence-corrected chi connectivity index (χ4v) is 2.53. The van der Waals surface area contributed by atoms with Crippen LogP contribution in [-0.2, 0) is 4.74 Å². The van der Waals surface area contributed by atoms with Gasteiger partial charge in [0.2, 0.25) is 0 Å². The molecule has 0 amide bonds. The number of ether oxygens (including phenoxy) is 1. The third kappa shape index (κ3) is 1.82. The lowest BCUT2D eigenvalue weighted by atomic mass is 9.89. The predicted octanol–water partition coefficient (Wildman–Crippen LogP) is 4.01. The van der Waals surface area contributed by atoms with Gasteiger partial charge in [-0.2, -0.15) is 0 Å². The van der Waals surface area contributed by atoms with E-state index in [9.17, 15) is 0 Å². The zero-order valence-corrected chi connectivity index (χ0v) is 10.1. The van der Waals surface area contributed by atoms with Crippen LogP contribution in [0.5, 0.6) is 0 Å². The topological polar surface area (TPSA) is 9.23 Å². The van der Waals surface area contributed by atoms with Gasteiger partial charge in [-0.15, -0.1) is 0 Å². The Morgan fingerprint density at radius 1 is 1.18 bits per heavy atom. The molecular weight excluding hydrogens is 208 g/mol. The second kappa shape index (κ2) is 4.25. The van der Waals surface area contributed by atoms with Crippen molar-refractivity contribution >= 4 is 5.57 Å². The molecule has 0 saturated carbocycles. The van der Waals surface area contributed by atoms with Crippen molar-refractivity contribution in [2.24, 2.45) is 0 Å². The van der Waals surface area contributed by atoms with Gasteiger partial charge in [-0.1, -0.05) is 36.4 Å². The molecule has 1 aromatic carbocycles. The van der Waals surface area contributed by atoms with Gasteiger partial charge in [-0.3, -0.25) is 0 Å². The Bertz CT molecular complexity index is 532. The highest BCUT2D eigenvalue weighted by Crippen LogP contribution is 2.35. The number of rotatable bonds is 1. The monoisotopic (exact) mass is 224 g/mol. The van der Waals surface area contributed by atoms with Crippen molar-refractivity contribution in [2.75, 3.05) is 6.61 Å². The van der Waals surface area contributed by atoms with Crippen molar-refractivity contribution in [1.82, 2.24) is 0 Å². The fourth-order valence-electron chi connectivity index (χ4n) is 2.53. The van der Waals surface area contributed by atoms with Crippen LogP contribution in [-0.4, -0.2) is 6.61 Å². The van der Waals surface area contributed by atoms with Crippen molar-refractivity contribution < 1.29 is 4.74 Å².